The van der Waals surface area contributed by atoms with Gasteiger partial charge in [0.2, 0.25) is 5.88 Å². The van der Waals surface area contributed by atoms with Crippen molar-refractivity contribution in [2.75, 3.05) is 26.3 Å². The highest BCUT2D eigenvalue weighted by molar-refractivity contribution is 14.0. The van der Waals surface area contributed by atoms with Gasteiger partial charge in [-0.2, -0.15) is 0 Å². The van der Waals surface area contributed by atoms with Crippen molar-refractivity contribution in [3.63, 3.8) is 0 Å². The van der Waals surface area contributed by atoms with Crippen molar-refractivity contribution in [2.45, 2.75) is 46.3 Å². The molecule has 0 amide bonds. The molecule has 0 radical (unpaired) electrons. The van der Waals surface area contributed by atoms with Crippen LogP contribution in [0.25, 0.3) is 0 Å². The van der Waals surface area contributed by atoms with Crippen LogP contribution in [0.1, 0.15) is 49.5 Å². The first kappa shape index (κ1) is 25.4. The van der Waals surface area contributed by atoms with Crippen molar-refractivity contribution >= 4 is 29.9 Å². The average Bonchev–Trinajstić information content (AvgIpc) is 2.77. The Morgan fingerprint density at radius 2 is 2.00 bits per heavy atom. The van der Waals surface area contributed by atoms with Gasteiger partial charge < -0.3 is 20.1 Å². The number of hydrogen-bond donors (Lipinski definition) is 2. The van der Waals surface area contributed by atoms with Crippen LogP contribution in [0.2, 0.25) is 0 Å². The highest BCUT2D eigenvalue weighted by Gasteiger charge is 2.27. The van der Waals surface area contributed by atoms with Gasteiger partial charge in [-0.1, -0.05) is 35.9 Å². The van der Waals surface area contributed by atoms with Crippen LogP contribution < -0.4 is 15.4 Å². The first-order valence-corrected chi connectivity index (χ1v) is 11.0. The number of guanidine groups is 1. The first-order valence-electron chi connectivity index (χ1n) is 11.0. The summed E-state index contributed by atoms with van der Waals surface area (Å²) < 4.78 is 11.8. The minimum absolute atomic E-state index is 0. The summed E-state index contributed by atoms with van der Waals surface area (Å²) in [6.07, 6.45) is 4.10. The Bertz CT molecular complexity index is 813. The van der Waals surface area contributed by atoms with Gasteiger partial charge in [0.1, 0.15) is 0 Å². The van der Waals surface area contributed by atoms with Crippen molar-refractivity contribution in [1.29, 1.82) is 0 Å². The molecule has 0 aliphatic carbocycles. The Kier molecular flexibility index (Phi) is 11.1. The zero-order chi connectivity index (χ0) is 21.2. The molecule has 6 nitrogen and oxygen atoms in total. The number of nitrogens with zero attached hydrogens (tertiary/aromatic N) is 2. The van der Waals surface area contributed by atoms with E-state index in [1.807, 2.05) is 19.1 Å². The van der Waals surface area contributed by atoms with Crippen molar-refractivity contribution in [1.82, 2.24) is 15.6 Å². The van der Waals surface area contributed by atoms with Gasteiger partial charge in [0.05, 0.1) is 19.3 Å². The van der Waals surface area contributed by atoms with E-state index >= 15 is 0 Å². The Morgan fingerprint density at radius 3 is 2.74 bits per heavy atom. The van der Waals surface area contributed by atoms with Gasteiger partial charge in [-0.3, -0.25) is 0 Å². The molecule has 2 atom stereocenters. The van der Waals surface area contributed by atoms with E-state index in [2.05, 4.69) is 53.7 Å². The van der Waals surface area contributed by atoms with E-state index in [1.165, 1.54) is 11.1 Å². The predicted octanol–water partition coefficient (Wildman–Crippen LogP) is 4.63. The molecule has 0 spiro atoms. The minimum Gasteiger partial charge on any atom is -0.478 e. The van der Waals surface area contributed by atoms with Crippen LogP contribution in [0.5, 0.6) is 5.88 Å². The van der Waals surface area contributed by atoms with E-state index in [1.54, 1.807) is 6.20 Å². The van der Waals surface area contributed by atoms with E-state index < -0.39 is 0 Å². The maximum Gasteiger partial charge on any atom is 0.218 e. The molecule has 0 bridgehead atoms. The summed E-state index contributed by atoms with van der Waals surface area (Å²) in [4.78, 5) is 9.07. The third-order valence-corrected chi connectivity index (χ3v) is 5.27. The molecule has 1 fully saturated rings. The molecule has 2 heterocycles. The number of aliphatic imine (C=N–C) groups is 1. The Labute approximate surface area is 203 Å². The van der Waals surface area contributed by atoms with Gasteiger partial charge in [0, 0.05) is 37.4 Å². The topological polar surface area (TPSA) is 67.8 Å². The van der Waals surface area contributed by atoms with Crippen LogP contribution in [0.15, 0.2) is 47.6 Å². The second-order valence-electron chi connectivity index (χ2n) is 7.58. The second-order valence-corrected chi connectivity index (χ2v) is 7.58. The molecule has 7 heteroatoms. The lowest BCUT2D eigenvalue weighted by Crippen LogP contribution is -2.42. The van der Waals surface area contributed by atoms with Gasteiger partial charge in [-0.15, -0.1) is 24.0 Å². The number of benzene rings is 1. The number of ether oxygens (including phenoxy) is 2. The van der Waals surface area contributed by atoms with Crippen molar-refractivity contribution in [2.24, 2.45) is 10.9 Å². The fourth-order valence-corrected chi connectivity index (χ4v) is 3.72. The van der Waals surface area contributed by atoms with Crippen LogP contribution in [0, 0.1) is 12.8 Å². The second kappa shape index (κ2) is 13.5. The fraction of sp³-hybridized carbons (Fsp3) is 0.500. The zero-order valence-electron chi connectivity index (χ0n) is 18.8. The largest absolute Gasteiger partial charge is 0.478 e. The number of aryl methyl sites for hydroxylation is 1. The number of halogens is 1. The normalized spacial score (nSPS) is 18.7. The van der Waals surface area contributed by atoms with Crippen molar-refractivity contribution in [3.8, 4) is 5.88 Å². The van der Waals surface area contributed by atoms with E-state index in [4.69, 9.17) is 14.5 Å². The lowest BCUT2D eigenvalue weighted by atomic mass is 9.89. The molecular formula is C24H35IN4O2. The van der Waals surface area contributed by atoms with E-state index in [9.17, 15) is 0 Å². The van der Waals surface area contributed by atoms with Crippen LogP contribution in [0.3, 0.4) is 0 Å². The standard InChI is InChI=1S/C24H34N4O2.HI/c1-4-25-24(28-17-21-8-6-14-26-23(21)29-5-2)27-16-20-9-7-15-30-22(20)19-12-10-18(3)11-13-19;/h6,8,10-14,20,22H,4-5,7,9,15-17H2,1-3H3,(H2,25,27,28);1H. The first-order chi connectivity index (χ1) is 14.7. The molecule has 1 aromatic heterocycles. The number of nitrogens with one attached hydrogen (secondary N) is 2. The Morgan fingerprint density at radius 1 is 1.19 bits per heavy atom. The average molecular weight is 538 g/mol. The van der Waals surface area contributed by atoms with Crippen molar-refractivity contribution < 1.29 is 9.47 Å². The Balaban J connectivity index is 0.00000341. The number of rotatable bonds is 8. The van der Waals surface area contributed by atoms with Gasteiger partial charge in [-0.25, -0.2) is 9.98 Å². The van der Waals surface area contributed by atoms with Crippen LogP contribution in [0.4, 0.5) is 0 Å². The number of pyridine rings is 1. The molecule has 2 unspecified atom stereocenters. The molecule has 31 heavy (non-hydrogen) atoms. The van der Waals surface area contributed by atoms with Gasteiger partial charge in [0.15, 0.2) is 5.96 Å². The summed E-state index contributed by atoms with van der Waals surface area (Å²) in [6, 6.07) is 12.6. The fourth-order valence-electron chi connectivity index (χ4n) is 3.72. The third-order valence-electron chi connectivity index (χ3n) is 5.27. The lowest BCUT2D eigenvalue weighted by molar-refractivity contribution is -0.0265. The molecule has 2 aromatic rings. The molecule has 3 rings (SSSR count). The minimum atomic E-state index is 0. The summed E-state index contributed by atoms with van der Waals surface area (Å²) in [7, 11) is 0. The molecule has 1 aliphatic rings. The van der Waals surface area contributed by atoms with E-state index in [0.29, 0.717) is 24.9 Å². The molecule has 1 aromatic carbocycles. The number of aromatic nitrogens is 1. The Hall–Kier alpha value is -1.87. The van der Waals surface area contributed by atoms with Crippen molar-refractivity contribution in [3.05, 3.63) is 59.3 Å². The molecule has 1 saturated heterocycles. The van der Waals surface area contributed by atoms with E-state index in [-0.39, 0.29) is 30.1 Å². The summed E-state index contributed by atoms with van der Waals surface area (Å²) in [5, 5.41) is 6.86. The smallest absolute Gasteiger partial charge is 0.218 e. The lowest BCUT2D eigenvalue weighted by Gasteiger charge is -2.32. The van der Waals surface area contributed by atoms with Crippen LogP contribution in [-0.2, 0) is 11.3 Å². The van der Waals surface area contributed by atoms with Crippen LogP contribution in [-0.4, -0.2) is 37.2 Å². The van der Waals surface area contributed by atoms with E-state index in [0.717, 1.165) is 44.1 Å². The summed E-state index contributed by atoms with van der Waals surface area (Å²) >= 11 is 0. The molecular weight excluding hydrogens is 503 g/mol. The monoisotopic (exact) mass is 538 g/mol. The maximum absolute atomic E-state index is 6.16. The summed E-state index contributed by atoms with van der Waals surface area (Å²) in [5.74, 6) is 1.86. The number of hydrogen-bond acceptors (Lipinski definition) is 4. The zero-order valence-corrected chi connectivity index (χ0v) is 21.1. The van der Waals surface area contributed by atoms with Gasteiger partial charge in [0.25, 0.3) is 0 Å². The van der Waals surface area contributed by atoms with Crippen LogP contribution >= 0.6 is 24.0 Å². The third kappa shape index (κ3) is 7.64. The quantitative estimate of drug-likeness (QED) is 0.292. The molecule has 170 valence electrons. The van der Waals surface area contributed by atoms with Gasteiger partial charge >= 0.3 is 0 Å². The predicted molar refractivity (Wildman–Crippen MR) is 136 cm³/mol. The SMILES string of the molecule is CCNC(=NCc1cccnc1OCC)NCC1CCCOC1c1ccc(C)cc1.I. The highest BCUT2D eigenvalue weighted by Crippen LogP contribution is 2.33. The highest BCUT2D eigenvalue weighted by atomic mass is 127. The molecule has 0 saturated carbocycles. The maximum atomic E-state index is 6.16. The van der Waals surface area contributed by atoms with Gasteiger partial charge in [-0.05, 0) is 45.2 Å². The summed E-state index contributed by atoms with van der Waals surface area (Å²) in [5.41, 5.74) is 3.51. The summed E-state index contributed by atoms with van der Waals surface area (Å²) in [6.45, 7) is 9.70. The molecule has 1 aliphatic heterocycles. The molecule has 2 N–H and O–H groups in total.